The maximum atomic E-state index is 10.9. The number of nitro groups is 1. The lowest BCUT2D eigenvalue weighted by molar-refractivity contribution is -0.386. The number of ether oxygens (including phenoxy) is 1. The van der Waals surface area contributed by atoms with Gasteiger partial charge in [-0.3, -0.25) is 10.1 Å². The number of hydrogen-bond acceptors (Lipinski definition) is 5. The van der Waals surface area contributed by atoms with E-state index in [1.807, 2.05) is 13.8 Å². The Balaban J connectivity index is 2.07. The summed E-state index contributed by atoms with van der Waals surface area (Å²) in [5.74, 6) is 0.642. The van der Waals surface area contributed by atoms with Crippen molar-refractivity contribution in [3.8, 4) is 5.75 Å². The molecule has 1 aliphatic rings. The first-order valence-electron chi connectivity index (χ1n) is 6.84. The minimum absolute atomic E-state index is 0.0491. The van der Waals surface area contributed by atoms with Crippen molar-refractivity contribution in [1.29, 1.82) is 0 Å². The van der Waals surface area contributed by atoms with Gasteiger partial charge >= 0.3 is 5.69 Å². The van der Waals surface area contributed by atoms with Crippen molar-refractivity contribution < 1.29 is 14.8 Å². The molecule has 1 unspecified atom stereocenters. The van der Waals surface area contributed by atoms with E-state index >= 15 is 0 Å². The Kier molecular flexibility index (Phi) is 4.44. The Morgan fingerprint density at radius 2 is 2.20 bits per heavy atom. The van der Waals surface area contributed by atoms with E-state index in [-0.39, 0.29) is 23.6 Å². The van der Waals surface area contributed by atoms with E-state index in [9.17, 15) is 15.2 Å². The molecule has 0 aromatic heterocycles. The van der Waals surface area contributed by atoms with Gasteiger partial charge in [-0.1, -0.05) is 0 Å². The predicted octanol–water partition coefficient (Wildman–Crippen LogP) is 2.56. The van der Waals surface area contributed by atoms with E-state index in [1.54, 1.807) is 12.1 Å². The summed E-state index contributed by atoms with van der Waals surface area (Å²) in [6.45, 7) is 4.09. The minimum Gasteiger partial charge on any atom is -0.484 e. The van der Waals surface area contributed by atoms with Crippen LogP contribution in [0.25, 0.3) is 0 Å². The summed E-state index contributed by atoms with van der Waals surface area (Å²) >= 11 is 0. The molecule has 1 atom stereocenters. The van der Waals surface area contributed by atoms with E-state index in [1.165, 1.54) is 6.07 Å². The molecule has 6 nitrogen and oxygen atoms in total. The van der Waals surface area contributed by atoms with Crippen LogP contribution in [0, 0.1) is 16.0 Å². The van der Waals surface area contributed by atoms with Crippen LogP contribution in [0.3, 0.4) is 0 Å². The van der Waals surface area contributed by atoms with Gasteiger partial charge in [-0.05, 0) is 38.7 Å². The van der Waals surface area contributed by atoms with Crippen LogP contribution in [0.2, 0.25) is 0 Å². The van der Waals surface area contributed by atoms with Gasteiger partial charge in [0.2, 0.25) is 0 Å². The number of rotatable bonds is 7. The van der Waals surface area contributed by atoms with Gasteiger partial charge in [0.05, 0.1) is 17.1 Å². The van der Waals surface area contributed by atoms with Gasteiger partial charge in [-0.25, -0.2) is 0 Å². The monoisotopic (exact) mass is 280 g/mol. The summed E-state index contributed by atoms with van der Waals surface area (Å²) in [4.78, 5) is 10.5. The Morgan fingerprint density at radius 3 is 2.75 bits per heavy atom. The fourth-order valence-corrected chi connectivity index (χ4v) is 1.99. The highest BCUT2D eigenvalue weighted by molar-refractivity contribution is 5.58. The number of nitrogens with one attached hydrogen (secondary N) is 1. The van der Waals surface area contributed by atoms with Crippen molar-refractivity contribution in [1.82, 2.24) is 0 Å². The average Bonchev–Trinajstić information content (AvgIpc) is 3.19. The normalized spacial score (nSPS) is 16.0. The number of benzene rings is 1. The van der Waals surface area contributed by atoms with E-state index in [0.717, 1.165) is 12.8 Å². The Morgan fingerprint density at radius 1 is 1.50 bits per heavy atom. The third-order valence-corrected chi connectivity index (χ3v) is 3.20. The number of nitrogens with zero attached hydrogens (tertiary/aromatic N) is 1. The zero-order valence-corrected chi connectivity index (χ0v) is 11.7. The fraction of sp³-hybridized carbons (Fsp3) is 0.571. The van der Waals surface area contributed by atoms with Crippen molar-refractivity contribution in [2.45, 2.75) is 38.9 Å². The Hall–Kier alpha value is -1.82. The zero-order valence-electron chi connectivity index (χ0n) is 11.7. The molecule has 0 saturated heterocycles. The summed E-state index contributed by atoms with van der Waals surface area (Å²) in [6, 6.07) is 4.66. The van der Waals surface area contributed by atoms with Crippen LogP contribution < -0.4 is 10.1 Å². The SMILES string of the molecule is CC(C)Oc1cc(NCC(O)C2CC2)ccc1[N+](=O)[O-]. The van der Waals surface area contributed by atoms with Crippen LogP contribution in [0.1, 0.15) is 26.7 Å². The zero-order chi connectivity index (χ0) is 14.7. The highest BCUT2D eigenvalue weighted by Crippen LogP contribution is 2.33. The van der Waals surface area contributed by atoms with Crippen molar-refractivity contribution in [2.24, 2.45) is 5.92 Å². The number of aliphatic hydroxyl groups excluding tert-OH is 1. The number of hydrogen-bond donors (Lipinski definition) is 2. The second kappa shape index (κ2) is 6.09. The maximum absolute atomic E-state index is 10.9. The molecule has 6 heteroatoms. The van der Waals surface area contributed by atoms with E-state index in [4.69, 9.17) is 4.74 Å². The number of anilines is 1. The van der Waals surface area contributed by atoms with Crippen LogP contribution in [-0.2, 0) is 0 Å². The Bertz CT molecular complexity index is 486. The predicted molar refractivity (Wildman–Crippen MR) is 76.1 cm³/mol. The lowest BCUT2D eigenvalue weighted by Gasteiger charge is -2.14. The van der Waals surface area contributed by atoms with Gasteiger partial charge in [0.15, 0.2) is 5.75 Å². The molecule has 1 saturated carbocycles. The topological polar surface area (TPSA) is 84.6 Å². The van der Waals surface area contributed by atoms with E-state index in [2.05, 4.69) is 5.32 Å². The van der Waals surface area contributed by atoms with Crippen molar-refractivity contribution in [2.75, 3.05) is 11.9 Å². The molecule has 1 aliphatic carbocycles. The lowest BCUT2D eigenvalue weighted by Crippen LogP contribution is -2.21. The average molecular weight is 280 g/mol. The van der Waals surface area contributed by atoms with E-state index in [0.29, 0.717) is 18.2 Å². The molecule has 0 amide bonds. The molecule has 2 N–H and O–H groups in total. The smallest absolute Gasteiger partial charge is 0.311 e. The third kappa shape index (κ3) is 3.84. The van der Waals surface area contributed by atoms with Gasteiger partial charge in [0, 0.05) is 24.4 Å². The molecule has 1 fully saturated rings. The number of aliphatic hydroxyl groups is 1. The summed E-state index contributed by atoms with van der Waals surface area (Å²) in [5, 5.41) is 23.8. The van der Waals surface area contributed by atoms with Crippen LogP contribution in [-0.4, -0.2) is 28.8 Å². The molecule has 110 valence electrons. The van der Waals surface area contributed by atoms with Gasteiger partial charge in [-0.2, -0.15) is 0 Å². The summed E-state index contributed by atoms with van der Waals surface area (Å²) < 4.78 is 5.47. The summed E-state index contributed by atoms with van der Waals surface area (Å²) in [6.07, 6.45) is 1.65. The van der Waals surface area contributed by atoms with Gasteiger partial charge in [-0.15, -0.1) is 0 Å². The van der Waals surface area contributed by atoms with Gasteiger partial charge in [0.25, 0.3) is 0 Å². The molecule has 0 radical (unpaired) electrons. The first-order valence-corrected chi connectivity index (χ1v) is 6.84. The minimum atomic E-state index is -0.458. The fourth-order valence-electron chi connectivity index (χ4n) is 1.99. The highest BCUT2D eigenvalue weighted by atomic mass is 16.6. The molecule has 1 aromatic carbocycles. The third-order valence-electron chi connectivity index (χ3n) is 3.20. The van der Waals surface area contributed by atoms with Crippen LogP contribution in [0.5, 0.6) is 5.75 Å². The second-order valence-electron chi connectivity index (χ2n) is 5.39. The van der Waals surface area contributed by atoms with Crippen LogP contribution in [0.4, 0.5) is 11.4 Å². The van der Waals surface area contributed by atoms with Gasteiger partial charge in [0.1, 0.15) is 0 Å². The number of nitro benzene ring substituents is 1. The standard InChI is InChI=1S/C14H20N2O4/c1-9(2)20-14-7-11(5-6-12(14)16(18)19)15-8-13(17)10-3-4-10/h5-7,9-10,13,15,17H,3-4,8H2,1-2H3. The largest absolute Gasteiger partial charge is 0.484 e. The molecular formula is C14H20N2O4. The molecule has 1 aromatic rings. The second-order valence-corrected chi connectivity index (χ2v) is 5.39. The first kappa shape index (κ1) is 14.6. The first-order chi connectivity index (χ1) is 9.47. The maximum Gasteiger partial charge on any atom is 0.311 e. The Labute approximate surface area is 117 Å². The molecule has 0 aliphatic heterocycles. The van der Waals surface area contributed by atoms with Crippen molar-refractivity contribution in [3.05, 3.63) is 28.3 Å². The molecule has 0 spiro atoms. The highest BCUT2D eigenvalue weighted by Gasteiger charge is 2.29. The van der Waals surface area contributed by atoms with E-state index < -0.39 is 4.92 Å². The van der Waals surface area contributed by atoms with Gasteiger partial charge < -0.3 is 15.2 Å². The quantitative estimate of drug-likeness (QED) is 0.592. The molecular weight excluding hydrogens is 260 g/mol. The summed E-state index contributed by atoms with van der Waals surface area (Å²) in [5.41, 5.74) is 0.665. The van der Waals surface area contributed by atoms with Crippen molar-refractivity contribution >= 4 is 11.4 Å². The molecule has 0 heterocycles. The lowest BCUT2D eigenvalue weighted by atomic mass is 10.2. The van der Waals surface area contributed by atoms with Crippen molar-refractivity contribution in [3.63, 3.8) is 0 Å². The van der Waals surface area contributed by atoms with Crippen LogP contribution >= 0.6 is 0 Å². The summed E-state index contributed by atoms with van der Waals surface area (Å²) in [7, 11) is 0. The molecule has 0 bridgehead atoms. The van der Waals surface area contributed by atoms with Crippen LogP contribution in [0.15, 0.2) is 18.2 Å². The molecule has 20 heavy (non-hydrogen) atoms. The molecule has 2 rings (SSSR count).